The summed E-state index contributed by atoms with van der Waals surface area (Å²) in [6.07, 6.45) is 5.56. The standard InChI is InChI=1S/C55H37BN4O4.Pt/c1-54(2,3)31-24-25-57-47(26-31)60-39-27-33(61-34-21-23-36-40(28-34)59-30-58(32-12-7-6-8-13-32)38-15-9-14-37(52(38)59)55(36,4)5)20-22-35(39)48-41(60)29-46-51-53(48)64-45-19-11-17-43-50(45)56(51)49-42(62-43)16-10-18-44(49)63-46;/h6-26,29H,1-5H3;/q-2;. The van der Waals surface area contributed by atoms with Gasteiger partial charge in [0.1, 0.15) is 40.3 Å². The molecule has 0 aliphatic carbocycles. The summed E-state index contributed by atoms with van der Waals surface area (Å²) in [5, 5.41) is 1.91. The van der Waals surface area contributed by atoms with E-state index in [4.69, 9.17) is 23.9 Å². The van der Waals surface area contributed by atoms with Crippen LogP contribution in [-0.2, 0) is 31.9 Å². The molecule has 10 aromatic rings. The van der Waals surface area contributed by atoms with Gasteiger partial charge in [-0.3, -0.25) is 4.57 Å². The van der Waals surface area contributed by atoms with Crippen molar-refractivity contribution in [1.82, 2.24) is 14.1 Å². The fraction of sp³-hybridized carbons (Fsp3) is 0.127. The molecule has 7 aromatic carbocycles. The predicted molar refractivity (Wildman–Crippen MR) is 249 cm³/mol. The third kappa shape index (κ3) is 5.24. The van der Waals surface area contributed by atoms with Crippen LogP contribution in [-0.4, -0.2) is 20.8 Å². The number of hydrogen-bond acceptors (Lipinski definition) is 5. The predicted octanol–water partition coefficient (Wildman–Crippen LogP) is 10.4. The fourth-order valence-corrected chi connectivity index (χ4v) is 10.6. The number of rotatable bonds is 4. The van der Waals surface area contributed by atoms with Crippen molar-refractivity contribution in [1.29, 1.82) is 0 Å². The molecular weight excluding hydrogens is 987 g/mol. The van der Waals surface area contributed by atoms with Crippen molar-refractivity contribution in [2.24, 2.45) is 0 Å². The Hall–Kier alpha value is -7.09. The van der Waals surface area contributed by atoms with Crippen molar-refractivity contribution in [3.63, 3.8) is 0 Å². The zero-order valence-corrected chi connectivity index (χ0v) is 38.3. The third-order valence-corrected chi connectivity index (χ3v) is 13.7. The van der Waals surface area contributed by atoms with Crippen molar-refractivity contribution in [2.75, 3.05) is 0 Å². The number of para-hydroxylation sites is 2. The second-order valence-electron chi connectivity index (χ2n) is 18.8. The van der Waals surface area contributed by atoms with Crippen LogP contribution in [0.3, 0.4) is 0 Å². The van der Waals surface area contributed by atoms with Gasteiger partial charge in [-0.05, 0) is 81.6 Å². The summed E-state index contributed by atoms with van der Waals surface area (Å²) in [6, 6.07) is 51.0. The molecule has 0 spiro atoms. The monoisotopic (exact) mass is 1020 g/mol. The van der Waals surface area contributed by atoms with Gasteiger partial charge in [0.05, 0.1) is 16.7 Å². The Morgan fingerprint density at radius 1 is 0.692 bits per heavy atom. The average molecular weight is 1020 g/mol. The molecule has 0 unspecified atom stereocenters. The first kappa shape index (κ1) is 38.4. The first-order chi connectivity index (χ1) is 31.1. The van der Waals surface area contributed by atoms with E-state index in [9.17, 15) is 0 Å². The van der Waals surface area contributed by atoms with E-state index in [0.717, 1.165) is 112 Å². The second-order valence-corrected chi connectivity index (χ2v) is 18.8. The molecule has 0 N–H and O–H groups in total. The summed E-state index contributed by atoms with van der Waals surface area (Å²) in [5.41, 5.74) is 12.0. The van der Waals surface area contributed by atoms with Gasteiger partial charge in [0, 0.05) is 66.7 Å². The quantitative estimate of drug-likeness (QED) is 0.0999. The van der Waals surface area contributed by atoms with Crippen LogP contribution in [0.1, 0.15) is 51.3 Å². The Balaban J connectivity index is 0.00000423. The number of imidazole rings is 1. The maximum absolute atomic E-state index is 7.02. The van der Waals surface area contributed by atoms with Gasteiger partial charge in [0.25, 0.3) is 13.0 Å². The molecule has 0 radical (unpaired) electrons. The van der Waals surface area contributed by atoms with Gasteiger partial charge in [0.2, 0.25) is 0 Å². The number of benzene rings is 7. The molecular formula is C55H37BN4O4Pt-2. The van der Waals surface area contributed by atoms with Crippen LogP contribution in [0.25, 0.3) is 50.0 Å². The SMILES string of the molecule is CC(C)(C)c1ccnc(-n2c3[c-]c(Oc4[c-]c5c(cc4)C(C)(C)c4cccc6c4n-5[c-][n+]6-c4ccccc4)ccc3c3c4c5c(cc32)Oc2cccc3c2B5c2c(cccc2O4)O3)c1.[Pt]. The van der Waals surface area contributed by atoms with Crippen LogP contribution in [0, 0.1) is 18.5 Å². The first-order valence-corrected chi connectivity index (χ1v) is 21.7. The first-order valence-electron chi connectivity index (χ1n) is 21.7. The summed E-state index contributed by atoms with van der Waals surface area (Å²) in [4.78, 5) is 5.01. The topological polar surface area (TPSA) is 63.6 Å². The minimum Gasteiger partial charge on any atom is -0.510 e. The maximum atomic E-state index is 7.02. The zero-order valence-electron chi connectivity index (χ0n) is 36.0. The number of fused-ring (bicyclic) bond motifs is 6. The Morgan fingerprint density at radius 3 is 2.14 bits per heavy atom. The van der Waals surface area contributed by atoms with Crippen LogP contribution in [0.2, 0.25) is 0 Å². The molecule has 4 aliphatic heterocycles. The van der Waals surface area contributed by atoms with E-state index >= 15 is 0 Å². The Bertz CT molecular complexity index is 3700. The van der Waals surface area contributed by atoms with E-state index in [2.05, 4.69) is 140 Å². The zero-order chi connectivity index (χ0) is 42.8. The summed E-state index contributed by atoms with van der Waals surface area (Å²) in [6.45, 7) is 11.1. The molecule has 0 saturated heterocycles. The van der Waals surface area contributed by atoms with Crippen LogP contribution in [0.4, 0.5) is 0 Å². The molecule has 10 heteroatoms. The van der Waals surface area contributed by atoms with Gasteiger partial charge in [-0.1, -0.05) is 94.1 Å². The van der Waals surface area contributed by atoms with E-state index < -0.39 is 0 Å². The van der Waals surface area contributed by atoms with E-state index in [1.54, 1.807) is 0 Å². The van der Waals surface area contributed by atoms with E-state index in [-0.39, 0.29) is 38.6 Å². The summed E-state index contributed by atoms with van der Waals surface area (Å²) >= 11 is 0. The Kier molecular flexibility index (Phi) is 7.82. The van der Waals surface area contributed by atoms with Crippen molar-refractivity contribution in [3.05, 3.63) is 169 Å². The van der Waals surface area contributed by atoms with Crippen molar-refractivity contribution >= 4 is 55.9 Å². The van der Waals surface area contributed by atoms with Gasteiger partial charge in [-0.15, -0.1) is 29.8 Å². The van der Waals surface area contributed by atoms with Gasteiger partial charge in [0.15, 0.2) is 0 Å². The number of nitrogens with zero attached hydrogens (tertiary/aromatic N) is 4. The van der Waals surface area contributed by atoms with Gasteiger partial charge in [-0.25, -0.2) is 4.98 Å². The van der Waals surface area contributed by atoms with Crippen molar-refractivity contribution in [2.45, 2.75) is 45.4 Å². The molecule has 8 nitrogen and oxygen atoms in total. The number of aromatic nitrogens is 4. The van der Waals surface area contributed by atoms with E-state index in [1.807, 2.05) is 60.8 Å². The molecule has 0 bridgehead atoms. The van der Waals surface area contributed by atoms with E-state index in [1.165, 1.54) is 5.56 Å². The summed E-state index contributed by atoms with van der Waals surface area (Å²) in [5.74, 6) is 6.53. The largest absolute Gasteiger partial charge is 0.510 e. The molecule has 0 fully saturated rings. The molecule has 4 aliphatic rings. The van der Waals surface area contributed by atoms with Crippen LogP contribution in [0.5, 0.6) is 46.0 Å². The molecule has 7 heterocycles. The normalized spacial score (nSPS) is 14.3. The summed E-state index contributed by atoms with van der Waals surface area (Å²) in [7, 11) is 0. The Morgan fingerprint density at radius 2 is 1.38 bits per heavy atom. The minimum atomic E-state index is -0.290. The molecule has 65 heavy (non-hydrogen) atoms. The number of pyridine rings is 1. The smallest absolute Gasteiger partial charge is 0.270 e. The molecule has 0 atom stereocenters. The molecule has 0 saturated carbocycles. The van der Waals surface area contributed by atoms with Crippen LogP contribution < -0.4 is 39.9 Å². The molecule has 14 rings (SSSR count). The van der Waals surface area contributed by atoms with Crippen molar-refractivity contribution in [3.8, 4) is 63.2 Å². The van der Waals surface area contributed by atoms with E-state index in [0.29, 0.717) is 11.5 Å². The second kappa shape index (κ2) is 13.2. The van der Waals surface area contributed by atoms with Crippen LogP contribution >= 0.6 is 0 Å². The number of ether oxygens (including phenoxy) is 4. The maximum Gasteiger partial charge on any atom is 0.270 e. The fourth-order valence-electron chi connectivity index (χ4n) is 10.6. The molecule has 0 amide bonds. The van der Waals surface area contributed by atoms with Gasteiger partial charge < -0.3 is 28.1 Å². The number of hydrogen-bond donors (Lipinski definition) is 0. The third-order valence-electron chi connectivity index (χ3n) is 13.7. The Labute approximate surface area is 390 Å². The van der Waals surface area contributed by atoms with Gasteiger partial charge >= 0.3 is 0 Å². The van der Waals surface area contributed by atoms with Crippen molar-refractivity contribution < 1.29 is 44.6 Å². The summed E-state index contributed by atoms with van der Waals surface area (Å²) < 4.78 is 33.5. The minimum absolute atomic E-state index is 0. The molecule has 316 valence electrons. The van der Waals surface area contributed by atoms with Gasteiger partial charge in [-0.2, -0.15) is 12.1 Å². The van der Waals surface area contributed by atoms with Crippen LogP contribution in [0.15, 0.2) is 134 Å². The average Bonchev–Trinajstić information content (AvgIpc) is 3.85. The molecule has 3 aromatic heterocycles.